The molecule has 1 aromatic heterocycles. The van der Waals surface area contributed by atoms with E-state index in [1.165, 1.54) is 4.88 Å². The number of amides is 1. The SMILES string of the molecule is O=C(C[NH2+]CC[NH+]1CCOCC1)Nc1sc2c(c1C(=O)c1ccccc1)CCCC2. The van der Waals surface area contributed by atoms with Gasteiger partial charge in [0, 0.05) is 10.4 Å². The monoisotopic (exact) mass is 429 g/mol. The Hall–Kier alpha value is -2.06. The Labute approximate surface area is 181 Å². The second-order valence-electron chi connectivity index (χ2n) is 8.05. The van der Waals surface area contributed by atoms with Gasteiger partial charge in [-0.15, -0.1) is 11.3 Å². The van der Waals surface area contributed by atoms with Gasteiger partial charge in [-0.05, 0) is 31.2 Å². The number of quaternary nitrogens is 2. The lowest BCUT2D eigenvalue weighted by molar-refractivity contribution is -0.919. The molecule has 2 aliphatic rings. The van der Waals surface area contributed by atoms with Crippen molar-refractivity contribution in [3.05, 3.63) is 51.9 Å². The number of hydrogen-bond acceptors (Lipinski definition) is 4. The van der Waals surface area contributed by atoms with Crippen molar-refractivity contribution in [1.82, 2.24) is 0 Å². The molecular weight excluding hydrogens is 398 g/mol. The standard InChI is InChI=1S/C23H29N3O3S/c27-20(16-24-10-11-26-12-14-29-15-13-26)25-23-21(18-8-4-5-9-19(18)30-23)22(28)17-6-2-1-3-7-17/h1-3,6-7,24H,4-5,8-16H2,(H,25,27)/p+2. The number of nitrogens with one attached hydrogen (secondary N) is 2. The van der Waals surface area contributed by atoms with Gasteiger partial charge in [-0.2, -0.15) is 0 Å². The second kappa shape index (κ2) is 10.3. The molecule has 160 valence electrons. The molecule has 1 amide bonds. The highest BCUT2D eigenvalue weighted by Crippen LogP contribution is 2.39. The van der Waals surface area contributed by atoms with Crippen LogP contribution >= 0.6 is 11.3 Å². The zero-order chi connectivity index (χ0) is 20.8. The van der Waals surface area contributed by atoms with Crippen LogP contribution in [0.25, 0.3) is 0 Å². The molecule has 1 fully saturated rings. The number of aryl methyl sites for hydroxylation is 1. The van der Waals surface area contributed by atoms with Crippen molar-refractivity contribution >= 4 is 28.0 Å². The normalized spacial score (nSPS) is 16.8. The summed E-state index contributed by atoms with van der Waals surface area (Å²) in [6.45, 7) is 6.10. The molecule has 6 nitrogen and oxygen atoms in total. The molecule has 1 aliphatic heterocycles. The third-order valence-electron chi connectivity index (χ3n) is 5.92. The van der Waals surface area contributed by atoms with Crippen LogP contribution in [0.15, 0.2) is 30.3 Å². The third kappa shape index (κ3) is 5.16. The predicted octanol–water partition coefficient (Wildman–Crippen LogP) is 0.275. The van der Waals surface area contributed by atoms with Gasteiger partial charge in [-0.1, -0.05) is 30.3 Å². The van der Waals surface area contributed by atoms with Gasteiger partial charge in [0.2, 0.25) is 0 Å². The Kier molecular flexibility index (Phi) is 7.28. The van der Waals surface area contributed by atoms with Crippen molar-refractivity contribution in [3.63, 3.8) is 0 Å². The summed E-state index contributed by atoms with van der Waals surface area (Å²) in [4.78, 5) is 28.7. The fourth-order valence-corrected chi connectivity index (χ4v) is 5.56. The highest BCUT2D eigenvalue weighted by atomic mass is 32.1. The van der Waals surface area contributed by atoms with Crippen LogP contribution in [-0.4, -0.2) is 57.6 Å². The number of nitrogens with two attached hydrogens (primary N) is 1. The summed E-state index contributed by atoms with van der Waals surface area (Å²) in [5.41, 5.74) is 2.54. The molecule has 0 bridgehead atoms. The molecule has 1 aliphatic carbocycles. The summed E-state index contributed by atoms with van der Waals surface area (Å²) in [5.74, 6) is -0.0158. The topological polar surface area (TPSA) is 76.4 Å². The molecule has 30 heavy (non-hydrogen) atoms. The van der Waals surface area contributed by atoms with Crippen LogP contribution in [0.3, 0.4) is 0 Å². The number of anilines is 1. The third-order valence-corrected chi connectivity index (χ3v) is 7.13. The van der Waals surface area contributed by atoms with Gasteiger partial charge in [0.1, 0.15) is 31.2 Å². The molecule has 0 radical (unpaired) electrons. The number of ketones is 1. The van der Waals surface area contributed by atoms with Crippen molar-refractivity contribution in [1.29, 1.82) is 0 Å². The molecule has 2 heterocycles. The minimum absolute atomic E-state index is 0.0187. The Bertz CT molecular complexity index is 875. The number of carbonyl (C=O) groups excluding carboxylic acids is 2. The lowest BCUT2D eigenvalue weighted by Crippen LogP contribution is -3.16. The largest absolute Gasteiger partial charge is 0.370 e. The van der Waals surface area contributed by atoms with Gasteiger partial charge in [-0.3, -0.25) is 9.59 Å². The highest BCUT2D eigenvalue weighted by molar-refractivity contribution is 7.17. The smallest absolute Gasteiger partial charge is 0.280 e. The van der Waals surface area contributed by atoms with Crippen LogP contribution in [0.5, 0.6) is 0 Å². The van der Waals surface area contributed by atoms with E-state index in [9.17, 15) is 9.59 Å². The summed E-state index contributed by atoms with van der Waals surface area (Å²) < 4.78 is 5.39. The van der Waals surface area contributed by atoms with E-state index in [0.29, 0.717) is 17.7 Å². The Morgan fingerprint density at radius 1 is 1.10 bits per heavy atom. The zero-order valence-electron chi connectivity index (χ0n) is 17.4. The molecule has 0 atom stereocenters. The van der Waals surface area contributed by atoms with Crippen molar-refractivity contribution in [3.8, 4) is 0 Å². The quantitative estimate of drug-likeness (QED) is 0.417. The maximum Gasteiger partial charge on any atom is 0.280 e. The molecular formula is C23H31N3O3S+2. The van der Waals surface area contributed by atoms with E-state index in [1.807, 2.05) is 30.3 Å². The van der Waals surface area contributed by atoms with Crippen molar-refractivity contribution in [2.45, 2.75) is 25.7 Å². The molecule has 0 unspecified atom stereocenters. The fourth-order valence-electron chi connectivity index (χ4n) is 4.26. The first-order valence-corrected chi connectivity index (χ1v) is 11.8. The number of ether oxygens (including phenoxy) is 1. The van der Waals surface area contributed by atoms with E-state index >= 15 is 0 Å². The van der Waals surface area contributed by atoms with Gasteiger partial charge in [-0.25, -0.2) is 0 Å². The number of fused-ring (bicyclic) bond motifs is 1. The molecule has 4 N–H and O–H groups in total. The Balaban J connectivity index is 1.40. The first-order valence-electron chi connectivity index (χ1n) is 11.0. The Morgan fingerprint density at radius 2 is 1.87 bits per heavy atom. The second-order valence-corrected chi connectivity index (χ2v) is 9.16. The molecule has 7 heteroatoms. The average Bonchev–Trinajstić information content (AvgIpc) is 3.15. The van der Waals surface area contributed by atoms with Crippen LogP contribution < -0.4 is 15.5 Å². The van der Waals surface area contributed by atoms with Gasteiger partial charge < -0.3 is 20.3 Å². The molecule has 0 spiro atoms. The lowest BCUT2D eigenvalue weighted by Gasteiger charge is -2.22. The van der Waals surface area contributed by atoms with Crippen LogP contribution in [0.1, 0.15) is 39.2 Å². The van der Waals surface area contributed by atoms with E-state index < -0.39 is 0 Å². The predicted molar refractivity (Wildman–Crippen MR) is 118 cm³/mol. The number of carbonyl (C=O) groups is 2. The summed E-state index contributed by atoms with van der Waals surface area (Å²) in [6.07, 6.45) is 4.17. The molecule has 0 saturated carbocycles. The lowest BCUT2D eigenvalue weighted by atomic mass is 9.92. The maximum absolute atomic E-state index is 13.3. The van der Waals surface area contributed by atoms with Crippen molar-refractivity contribution in [2.75, 3.05) is 51.3 Å². The first kappa shape index (κ1) is 21.2. The maximum atomic E-state index is 13.3. The minimum Gasteiger partial charge on any atom is -0.370 e. The molecule has 2 aromatic rings. The number of rotatable bonds is 8. The first-order chi connectivity index (χ1) is 14.7. The van der Waals surface area contributed by atoms with Gasteiger partial charge in [0.15, 0.2) is 12.3 Å². The van der Waals surface area contributed by atoms with Gasteiger partial charge in [0.05, 0.1) is 18.8 Å². The number of morpholine rings is 1. The summed E-state index contributed by atoms with van der Waals surface area (Å²) in [6, 6.07) is 9.38. The zero-order valence-corrected chi connectivity index (χ0v) is 18.2. The van der Waals surface area contributed by atoms with Crippen LogP contribution in [0, 0.1) is 0 Å². The van der Waals surface area contributed by atoms with Crippen molar-refractivity contribution < 1.29 is 24.5 Å². The fraction of sp³-hybridized carbons (Fsp3) is 0.478. The number of thiophene rings is 1. The van der Waals surface area contributed by atoms with Gasteiger partial charge in [0.25, 0.3) is 5.91 Å². The molecule has 1 aromatic carbocycles. The average molecular weight is 430 g/mol. The van der Waals surface area contributed by atoms with Crippen molar-refractivity contribution in [2.24, 2.45) is 0 Å². The van der Waals surface area contributed by atoms with Gasteiger partial charge >= 0.3 is 0 Å². The van der Waals surface area contributed by atoms with Crippen LogP contribution in [0.2, 0.25) is 0 Å². The highest BCUT2D eigenvalue weighted by Gasteiger charge is 2.27. The van der Waals surface area contributed by atoms with Crippen LogP contribution in [0.4, 0.5) is 5.00 Å². The van der Waals surface area contributed by atoms with Crippen LogP contribution in [-0.2, 0) is 22.4 Å². The summed E-state index contributed by atoms with van der Waals surface area (Å²) in [7, 11) is 0. The summed E-state index contributed by atoms with van der Waals surface area (Å²) >= 11 is 1.59. The van der Waals surface area contributed by atoms with E-state index in [4.69, 9.17) is 4.74 Å². The Morgan fingerprint density at radius 3 is 2.67 bits per heavy atom. The summed E-state index contributed by atoms with van der Waals surface area (Å²) in [5, 5.41) is 5.85. The number of benzene rings is 1. The number of hydrogen-bond donors (Lipinski definition) is 3. The van der Waals surface area contributed by atoms with E-state index in [2.05, 4.69) is 10.6 Å². The molecule has 1 saturated heterocycles. The van der Waals surface area contributed by atoms with E-state index in [1.54, 1.807) is 16.2 Å². The van der Waals surface area contributed by atoms with E-state index in [0.717, 1.165) is 75.6 Å². The molecule has 4 rings (SSSR count). The minimum atomic E-state index is -0.0345. The van der Waals surface area contributed by atoms with E-state index in [-0.39, 0.29) is 11.7 Å².